The van der Waals surface area contributed by atoms with Gasteiger partial charge in [0.05, 0.1) is 6.61 Å². The Labute approximate surface area is 240 Å². The maximum Gasteiger partial charge on any atom is 0.132 e. The van der Waals surface area contributed by atoms with E-state index in [-0.39, 0.29) is 18.5 Å². The van der Waals surface area contributed by atoms with E-state index in [1.54, 1.807) is 6.07 Å². The van der Waals surface area contributed by atoms with E-state index in [1.807, 2.05) is 44.2 Å². The molecule has 2 unspecified atom stereocenters. The van der Waals surface area contributed by atoms with Crippen molar-refractivity contribution in [2.45, 2.75) is 83.3 Å². The third-order valence-electron chi connectivity index (χ3n) is 7.97. The van der Waals surface area contributed by atoms with E-state index >= 15 is 0 Å². The SMILES string of the molecule is CC1(C)Oc2ccc(NCc3ccccc3)cc2C(OCCC2CCCCC2)C1OCc1ccc(Br)cc1F. The van der Waals surface area contributed by atoms with Crippen molar-refractivity contribution in [1.29, 1.82) is 0 Å². The van der Waals surface area contributed by atoms with E-state index in [2.05, 4.69) is 45.5 Å². The van der Waals surface area contributed by atoms with Crippen LogP contribution >= 0.6 is 15.9 Å². The monoisotopic (exact) mass is 595 g/mol. The second-order valence-electron chi connectivity index (χ2n) is 11.3. The Morgan fingerprint density at radius 1 is 0.974 bits per heavy atom. The van der Waals surface area contributed by atoms with Crippen LogP contribution in [0.1, 0.15) is 75.2 Å². The van der Waals surface area contributed by atoms with Gasteiger partial charge in [-0.3, -0.25) is 0 Å². The molecule has 0 amide bonds. The topological polar surface area (TPSA) is 39.7 Å². The summed E-state index contributed by atoms with van der Waals surface area (Å²) in [7, 11) is 0. The van der Waals surface area contributed by atoms with Gasteiger partial charge in [-0.05, 0) is 62.1 Å². The zero-order valence-corrected chi connectivity index (χ0v) is 24.5. The Hall–Kier alpha value is -2.41. The molecule has 1 aliphatic carbocycles. The molecule has 0 radical (unpaired) electrons. The van der Waals surface area contributed by atoms with Crippen molar-refractivity contribution in [3.63, 3.8) is 0 Å². The van der Waals surface area contributed by atoms with Crippen LogP contribution in [0, 0.1) is 11.7 Å². The van der Waals surface area contributed by atoms with Crippen LogP contribution < -0.4 is 10.1 Å². The van der Waals surface area contributed by atoms with Crippen molar-refractivity contribution in [3.05, 3.63) is 93.7 Å². The van der Waals surface area contributed by atoms with Crippen LogP contribution in [0.5, 0.6) is 5.75 Å². The maximum absolute atomic E-state index is 14.6. The van der Waals surface area contributed by atoms with E-state index in [4.69, 9.17) is 14.2 Å². The lowest BCUT2D eigenvalue weighted by molar-refractivity contribution is -0.168. The number of fused-ring (bicyclic) bond motifs is 1. The summed E-state index contributed by atoms with van der Waals surface area (Å²) in [5.74, 6) is 1.24. The summed E-state index contributed by atoms with van der Waals surface area (Å²) in [4.78, 5) is 0. The lowest BCUT2D eigenvalue weighted by atomic mass is 9.86. The van der Waals surface area contributed by atoms with Gasteiger partial charge < -0.3 is 19.5 Å². The molecule has 3 aromatic carbocycles. The molecule has 2 aliphatic rings. The highest BCUT2D eigenvalue weighted by Crippen LogP contribution is 2.45. The van der Waals surface area contributed by atoms with Crippen LogP contribution in [-0.2, 0) is 22.6 Å². The molecule has 1 N–H and O–H groups in total. The number of benzene rings is 3. The first-order valence-corrected chi connectivity index (χ1v) is 15.0. The fraction of sp³-hybridized carbons (Fsp3) is 0.455. The van der Waals surface area contributed by atoms with E-state index in [0.29, 0.717) is 16.6 Å². The molecule has 0 saturated heterocycles. The molecule has 208 valence electrons. The average Bonchev–Trinajstić information content (AvgIpc) is 2.93. The highest BCUT2D eigenvalue weighted by molar-refractivity contribution is 9.10. The highest BCUT2D eigenvalue weighted by atomic mass is 79.9. The van der Waals surface area contributed by atoms with Crippen molar-refractivity contribution in [2.75, 3.05) is 11.9 Å². The molecule has 1 fully saturated rings. The average molecular weight is 597 g/mol. The summed E-state index contributed by atoms with van der Waals surface area (Å²) in [6.07, 6.45) is 6.86. The van der Waals surface area contributed by atoms with E-state index in [9.17, 15) is 4.39 Å². The number of halogens is 2. The fourth-order valence-electron chi connectivity index (χ4n) is 5.76. The molecule has 4 nitrogen and oxygen atoms in total. The van der Waals surface area contributed by atoms with Gasteiger partial charge in [0, 0.05) is 34.4 Å². The quantitative estimate of drug-likeness (QED) is 0.254. The summed E-state index contributed by atoms with van der Waals surface area (Å²) in [6.45, 7) is 5.58. The van der Waals surface area contributed by atoms with Crippen molar-refractivity contribution < 1.29 is 18.6 Å². The Balaban J connectivity index is 1.37. The van der Waals surface area contributed by atoms with Crippen LogP contribution in [0.4, 0.5) is 10.1 Å². The molecule has 2 atom stereocenters. The van der Waals surface area contributed by atoms with Gasteiger partial charge >= 0.3 is 0 Å². The van der Waals surface area contributed by atoms with Crippen LogP contribution in [-0.4, -0.2) is 18.3 Å². The normalized spacial score (nSPS) is 20.7. The lowest BCUT2D eigenvalue weighted by Gasteiger charge is -2.44. The second-order valence-corrected chi connectivity index (χ2v) is 12.3. The first-order valence-electron chi connectivity index (χ1n) is 14.2. The van der Waals surface area contributed by atoms with E-state index < -0.39 is 11.7 Å². The fourth-order valence-corrected chi connectivity index (χ4v) is 6.10. The number of hydrogen-bond donors (Lipinski definition) is 1. The van der Waals surface area contributed by atoms with Gasteiger partial charge in [-0.2, -0.15) is 0 Å². The number of hydrogen-bond acceptors (Lipinski definition) is 4. The minimum Gasteiger partial charge on any atom is -0.485 e. The summed E-state index contributed by atoms with van der Waals surface area (Å²) in [5.41, 5.74) is 3.04. The van der Waals surface area contributed by atoms with Crippen molar-refractivity contribution in [1.82, 2.24) is 0 Å². The second kappa shape index (κ2) is 12.8. The molecule has 1 aliphatic heterocycles. The van der Waals surface area contributed by atoms with E-state index in [1.165, 1.54) is 43.7 Å². The van der Waals surface area contributed by atoms with Crippen molar-refractivity contribution >= 4 is 21.6 Å². The summed E-state index contributed by atoms with van der Waals surface area (Å²) in [5, 5.41) is 3.54. The molecule has 1 saturated carbocycles. The van der Waals surface area contributed by atoms with E-state index in [0.717, 1.165) is 35.9 Å². The van der Waals surface area contributed by atoms with Gasteiger partial charge in [-0.25, -0.2) is 4.39 Å². The molecule has 0 bridgehead atoms. The first kappa shape index (κ1) is 28.1. The van der Waals surface area contributed by atoms with Gasteiger partial charge in [-0.1, -0.05) is 84.4 Å². The predicted octanol–water partition coefficient (Wildman–Crippen LogP) is 8.98. The number of anilines is 1. The third-order valence-corrected chi connectivity index (χ3v) is 8.46. The number of nitrogens with one attached hydrogen (secondary N) is 1. The van der Waals surface area contributed by atoms with Gasteiger partial charge in [0.25, 0.3) is 0 Å². The summed E-state index contributed by atoms with van der Waals surface area (Å²) < 4.78 is 35.0. The highest BCUT2D eigenvalue weighted by Gasteiger charge is 2.46. The van der Waals surface area contributed by atoms with Crippen LogP contribution in [0.2, 0.25) is 0 Å². The van der Waals surface area contributed by atoms with Crippen LogP contribution in [0.3, 0.4) is 0 Å². The molecule has 3 aromatic rings. The molecular weight excluding hydrogens is 557 g/mol. The first-order chi connectivity index (χ1) is 18.9. The van der Waals surface area contributed by atoms with Gasteiger partial charge in [0.15, 0.2) is 0 Å². The van der Waals surface area contributed by atoms with Gasteiger partial charge in [0.2, 0.25) is 0 Å². The minimum absolute atomic E-state index is 0.139. The van der Waals surface area contributed by atoms with Gasteiger partial charge in [0.1, 0.15) is 29.4 Å². The van der Waals surface area contributed by atoms with Crippen molar-refractivity contribution in [2.24, 2.45) is 5.92 Å². The molecule has 6 heteroatoms. The zero-order chi connectivity index (χ0) is 27.2. The lowest BCUT2D eigenvalue weighted by Crippen LogP contribution is -2.51. The van der Waals surface area contributed by atoms with Crippen LogP contribution in [0.25, 0.3) is 0 Å². The van der Waals surface area contributed by atoms with Gasteiger partial charge in [-0.15, -0.1) is 0 Å². The largest absolute Gasteiger partial charge is 0.485 e. The summed E-state index contributed by atoms with van der Waals surface area (Å²) in [6, 6.07) is 21.6. The Morgan fingerprint density at radius 3 is 2.54 bits per heavy atom. The Kier molecular flexibility index (Phi) is 9.26. The Morgan fingerprint density at radius 2 is 1.77 bits per heavy atom. The molecule has 5 rings (SSSR count). The standard InChI is InChI=1S/C33H39BrFNO3/c1-33(2)32(38-22-25-13-14-26(34)19-29(25)35)31(37-18-17-23-9-5-3-6-10-23)28-20-27(15-16-30(28)39-33)36-21-24-11-7-4-8-12-24/h4,7-8,11-16,19-20,23,31-32,36H,3,5-6,9-10,17-18,21-22H2,1-2H3. The van der Waals surface area contributed by atoms with Crippen molar-refractivity contribution in [3.8, 4) is 5.75 Å². The number of rotatable bonds is 10. The third kappa shape index (κ3) is 7.22. The maximum atomic E-state index is 14.6. The molecule has 0 aromatic heterocycles. The molecule has 1 heterocycles. The minimum atomic E-state index is -0.659. The number of ether oxygens (including phenoxy) is 3. The molecule has 39 heavy (non-hydrogen) atoms. The predicted molar refractivity (Wildman–Crippen MR) is 157 cm³/mol. The van der Waals surface area contributed by atoms with Crippen LogP contribution in [0.15, 0.2) is 71.2 Å². The molecule has 0 spiro atoms. The zero-order valence-electron chi connectivity index (χ0n) is 22.9. The molecular formula is C33H39BrFNO3. The summed E-state index contributed by atoms with van der Waals surface area (Å²) >= 11 is 3.34. The smallest absolute Gasteiger partial charge is 0.132 e. The Bertz CT molecular complexity index is 1230.